The molecule has 1 fully saturated rings. The van der Waals surface area contributed by atoms with Crippen molar-refractivity contribution in [3.05, 3.63) is 89.4 Å². The Kier molecular flexibility index (Phi) is 7.07. The minimum absolute atomic E-state index is 0.0316. The van der Waals surface area contributed by atoms with Gasteiger partial charge in [-0.25, -0.2) is 0 Å². The molecule has 35 heavy (non-hydrogen) atoms. The van der Waals surface area contributed by atoms with Crippen LogP contribution in [0.5, 0.6) is 5.75 Å². The molecule has 1 saturated heterocycles. The second kappa shape index (κ2) is 10.7. The Hall–Kier alpha value is -3.68. The molecule has 3 aromatic carbocycles. The van der Waals surface area contributed by atoms with E-state index in [-0.39, 0.29) is 5.91 Å². The van der Waals surface area contributed by atoms with E-state index in [0.717, 1.165) is 36.5 Å². The summed E-state index contributed by atoms with van der Waals surface area (Å²) in [6.45, 7) is 4.42. The monoisotopic (exact) mass is 488 g/mol. The zero-order valence-electron chi connectivity index (χ0n) is 19.1. The maximum Gasteiger partial charge on any atom is 0.258 e. The Bertz CT molecular complexity index is 1250. The molecule has 0 spiro atoms. The minimum Gasteiger partial charge on any atom is -0.492 e. The van der Waals surface area contributed by atoms with Gasteiger partial charge in [-0.1, -0.05) is 47.1 Å². The molecular formula is C27H25ClN4O3. The molecule has 0 saturated carbocycles. The lowest BCUT2D eigenvalue weighted by Crippen LogP contribution is -2.49. The molecule has 0 atom stereocenters. The maximum absolute atomic E-state index is 13.0. The largest absolute Gasteiger partial charge is 0.492 e. The van der Waals surface area contributed by atoms with Crippen molar-refractivity contribution in [1.82, 2.24) is 19.9 Å². The number of hydrogen-bond acceptors (Lipinski definition) is 6. The first-order valence-corrected chi connectivity index (χ1v) is 11.9. The highest BCUT2D eigenvalue weighted by Gasteiger charge is 2.22. The zero-order valence-corrected chi connectivity index (χ0v) is 19.9. The normalized spacial score (nSPS) is 14.1. The Labute approximate surface area is 208 Å². The molecular weight excluding hydrogens is 464 g/mol. The fraction of sp³-hybridized carbons (Fsp3) is 0.222. The standard InChI is InChI=1S/C27H25ClN4O3/c28-23-10-12-24(13-11-23)34-19-18-31-14-16-32(17-15-31)27(33)22-8-6-21(7-9-22)26-29-25(30-35-26)20-4-2-1-3-5-20/h1-13H,14-19H2. The molecule has 0 aliphatic carbocycles. The number of nitrogens with zero attached hydrogens (tertiary/aromatic N) is 4. The SMILES string of the molecule is O=C(c1ccc(-c2nc(-c3ccccc3)no2)cc1)N1CCN(CCOc2ccc(Cl)cc2)CC1. The van der Waals surface area contributed by atoms with Crippen LogP contribution in [0.4, 0.5) is 0 Å². The van der Waals surface area contributed by atoms with Crippen LogP contribution < -0.4 is 4.74 Å². The minimum atomic E-state index is 0.0316. The first-order chi connectivity index (χ1) is 17.2. The molecule has 7 nitrogen and oxygen atoms in total. The van der Waals surface area contributed by atoms with Gasteiger partial charge in [0.15, 0.2) is 0 Å². The van der Waals surface area contributed by atoms with Crippen LogP contribution in [0.2, 0.25) is 5.02 Å². The first-order valence-electron chi connectivity index (χ1n) is 11.6. The van der Waals surface area contributed by atoms with E-state index in [1.807, 2.05) is 83.8 Å². The highest BCUT2D eigenvalue weighted by atomic mass is 35.5. The molecule has 1 aliphatic rings. The number of rotatable bonds is 7. The summed E-state index contributed by atoms with van der Waals surface area (Å²) in [6.07, 6.45) is 0. The highest BCUT2D eigenvalue weighted by Crippen LogP contribution is 2.23. The lowest BCUT2D eigenvalue weighted by atomic mass is 10.1. The quantitative estimate of drug-likeness (QED) is 0.368. The molecule has 0 unspecified atom stereocenters. The van der Waals surface area contributed by atoms with Crippen LogP contribution in [0.3, 0.4) is 0 Å². The van der Waals surface area contributed by atoms with Crippen LogP contribution in [0.25, 0.3) is 22.8 Å². The molecule has 5 rings (SSSR count). The van der Waals surface area contributed by atoms with E-state index < -0.39 is 0 Å². The van der Waals surface area contributed by atoms with Crippen LogP contribution in [0.1, 0.15) is 10.4 Å². The summed E-state index contributed by atoms with van der Waals surface area (Å²) in [4.78, 5) is 21.7. The zero-order chi connectivity index (χ0) is 24.0. The van der Waals surface area contributed by atoms with E-state index in [1.165, 1.54) is 0 Å². The van der Waals surface area contributed by atoms with Crippen LogP contribution in [0, 0.1) is 0 Å². The molecule has 0 radical (unpaired) electrons. The van der Waals surface area contributed by atoms with E-state index in [2.05, 4.69) is 15.0 Å². The third-order valence-electron chi connectivity index (χ3n) is 5.99. The second-order valence-corrected chi connectivity index (χ2v) is 8.74. The van der Waals surface area contributed by atoms with E-state index in [0.29, 0.717) is 42.0 Å². The summed E-state index contributed by atoms with van der Waals surface area (Å²) < 4.78 is 11.2. The van der Waals surface area contributed by atoms with E-state index >= 15 is 0 Å². The predicted molar refractivity (Wildman–Crippen MR) is 134 cm³/mol. The molecule has 1 amide bonds. The number of amides is 1. The molecule has 2 heterocycles. The molecule has 8 heteroatoms. The van der Waals surface area contributed by atoms with Crippen molar-refractivity contribution in [1.29, 1.82) is 0 Å². The average Bonchev–Trinajstić information content (AvgIpc) is 3.41. The average molecular weight is 489 g/mol. The Balaban J connectivity index is 1.12. The van der Waals surface area contributed by atoms with E-state index in [1.54, 1.807) is 0 Å². The van der Waals surface area contributed by atoms with Gasteiger partial charge in [0.05, 0.1) is 0 Å². The van der Waals surface area contributed by atoms with Gasteiger partial charge in [0.25, 0.3) is 11.8 Å². The van der Waals surface area contributed by atoms with Crippen molar-refractivity contribution >= 4 is 17.5 Å². The predicted octanol–water partition coefficient (Wildman–Crippen LogP) is 4.89. The lowest BCUT2D eigenvalue weighted by Gasteiger charge is -2.34. The van der Waals surface area contributed by atoms with Crippen molar-refractivity contribution in [3.63, 3.8) is 0 Å². The summed E-state index contributed by atoms with van der Waals surface area (Å²) in [7, 11) is 0. The Morgan fingerprint density at radius 3 is 2.31 bits per heavy atom. The molecule has 0 bridgehead atoms. The highest BCUT2D eigenvalue weighted by molar-refractivity contribution is 6.30. The number of benzene rings is 3. The number of aromatic nitrogens is 2. The summed E-state index contributed by atoms with van der Waals surface area (Å²) in [5, 5.41) is 4.76. The second-order valence-electron chi connectivity index (χ2n) is 8.30. The smallest absolute Gasteiger partial charge is 0.258 e. The van der Waals surface area contributed by atoms with Crippen LogP contribution in [-0.4, -0.2) is 65.2 Å². The van der Waals surface area contributed by atoms with Gasteiger partial charge < -0.3 is 14.2 Å². The van der Waals surface area contributed by atoms with Gasteiger partial charge >= 0.3 is 0 Å². The van der Waals surface area contributed by atoms with Gasteiger partial charge in [-0.05, 0) is 48.5 Å². The molecule has 1 aliphatic heterocycles. The van der Waals surface area contributed by atoms with Gasteiger partial charge in [-0.2, -0.15) is 4.98 Å². The number of halogens is 1. The fourth-order valence-corrected chi connectivity index (χ4v) is 4.11. The van der Waals surface area contributed by atoms with Crippen LogP contribution >= 0.6 is 11.6 Å². The maximum atomic E-state index is 13.0. The number of carbonyl (C=O) groups excluding carboxylic acids is 1. The number of ether oxygens (including phenoxy) is 1. The summed E-state index contributed by atoms with van der Waals surface area (Å²) in [6, 6.07) is 24.4. The molecule has 1 aromatic heterocycles. The third kappa shape index (κ3) is 5.70. The van der Waals surface area contributed by atoms with Crippen molar-refractivity contribution in [2.75, 3.05) is 39.3 Å². The summed E-state index contributed by atoms with van der Waals surface area (Å²) >= 11 is 5.90. The number of hydrogen-bond donors (Lipinski definition) is 0. The van der Waals surface area contributed by atoms with E-state index in [9.17, 15) is 4.79 Å². The number of carbonyl (C=O) groups is 1. The van der Waals surface area contributed by atoms with Gasteiger partial charge in [-0.3, -0.25) is 9.69 Å². The third-order valence-corrected chi connectivity index (χ3v) is 6.24. The molecule has 4 aromatic rings. The molecule has 0 N–H and O–H groups in total. The van der Waals surface area contributed by atoms with Gasteiger partial charge in [0, 0.05) is 54.4 Å². The van der Waals surface area contributed by atoms with Crippen molar-refractivity contribution in [3.8, 4) is 28.6 Å². The fourth-order valence-electron chi connectivity index (χ4n) is 3.98. The number of piperazine rings is 1. The lowest BCUT2D eigenvalue weighted by molar-refractivity contribution is 0.0620. The first kappa shape index (κ1) is 23.1. The van der Waals surface area contributed by atoms with E-state index in [4.69, 9.17) is 20.9 Å². The van der Waals surface area contributed by atoms with Crippen molar-refractivity contribution in [2.24, 2.45) is 0 Å². The summed E-state index contributed by atoms with van der Waals surface area (Å²) in [5.41, 5.74) is 2.32. The Morgan fingerprint density at radius 1 is 0.886 bits per heavy atom. The molecule has 178 valence electrons. The van der Waals surface area contributed by atoms with Crippen molar-refractivity contribution < 1.29 is 14.1 Å². The van der Waals surface area contributed by atoms with Crippen LogP contribution in [-0.2, 0) is 0 Å². The Morgan fingerprint density at radius 2 is 1.60 bits per heavy atom. The summed E-state index contributed by atoms with van der Waals surface area (Å²) in [5.74, 6) is 1.81. The van der Waals surface area contributed by atoms with Crippen LogP contribution in [0.15, 0.2) is 83.4 Å². The van der Waals surface area contributed by atoms with Gasteiger partial charge in [-0.15, -0.1) is 0 Å². The topological polar surface area (TPSA) is 71.7 Å². The van der Waals surface area contributed by atoms with Gasteiger partial charge in [0.1, 0.15) is 12.4 Å². The van der Waals surface area contributed by atoms with Gasteiger partial charge in [0.2, 0.25) is 5.82 Å². The van der Waals surface area contributed by atoms with Crippen molar-refractivity contribution in [2.45, 2.75) is 0 Å².